The van der Waals surface area contributed by atoms with Crippen LogP contribution < -0.4 is 0 Å². The summed E-state index contributed by atoms with van der Waals surface area (Å²) in [7, 11) is -3.90. The van der Waals surface area contributed by atoms with E-state index in [0.29, 0.717) is 17.6 Å². The SMILES string of the molecule is CC1(C)CCCN(S(=O)(=O)c2cc(Br)cc(CO)c2F)C1. The summed E-state index contributed by atoms with van der Waals surface area (Å²) >= 11 is 3.17. The molecule has 1 fully saturated rings. The zero-order valence-electron chi connectivity index (χ0n) is 12.1. The Morgan fingerprint density at radius 1 is 1.43 bits per heavy atom. The zero-order chi connectivity index (χ0) is 15.8. The first-order valence-electron chi connectivity index (χ1n) is 6.76. The van der Waals surface area contributed by atoms with Crippen LogP contribution in [-0.4, -0.2) is 30.9 Å². The van der Waals surface area contributed by atoms with Gasteiger partial charge in [0, 0.05) is 23.1 Å². The van der Waals surface area contributed by atoms with Gasteiger partial charge in [0.1, 0.15) is 10.7 Å². The Morgan fingerprint density at radius 2 is 2.10 bits per heavy atom. The minimum absolute atomic E-state index is 0.0285. The van der Waals surface area contributed by atoms with Crippen LogP contribution in [0.5, 0.6) is 0 Å². The Hall–Kier alpha value is -0.500. The largest absolute Gasteiger partial charge is 0.392 e. The van der Waals surface area contributed by atoms with Crippen LogP contribution in [-0.2, 0) is 16.6 Å². The number of aliphatic hydroxyl groups excluding tert-OH is 1. The monoisotopic (exact) mass is 379 g/mol. The molecule has 0 unspecified atom stereocenters. The predicted octanol–water partition coefficient (Wildman–Crippen LogP) is 2.89. The van der Waals surface area contributed by atoms with Gasteiger partial charge >= 0.3 is 0 Å². The molecular formula is C14H19BrFNO3S. The summed E-state index contributed by atoms with van der Waals surface area (Å²) in [5.74, 6) is -0.871. The number of halogens is 2. The summed E-state index contributed by atoms with van der Waals surface area (Å²) in [4.78, 5) is -0.376. The third-order valence-corrected chi connectivity index (χ3v) is 6.04. The van der Waals surface area contributed by atoms with Crippen molar-refractivity contribution < 1.29 is 17.9 Å². The number of piperidine rings is 1. The molecule has 0 spiro atoms. The van der Waals surface area contributed by atoms with Crippen molar-refractivity contribution in [2.24, 2.45) is 5.41 Å². The van der Waals surface area contributed by atoms with Gasteiger partial charge in [-0.2, -0.15) is 4.31 Å². The number of benzene rings is 1. The van der Waals surface area contributed by atoms with Crippen LogP contribution >= 0.6 is 15.9 Å². The highest BCUT2D eigenvalue weighted by molar-refractivity contribution is 9.10. The van der Waals surface area contributed by atoms with E-state index in [-0.39, 0.29) is 15.9 Å². The van der Waals surface area contributed by atoms with Crippen molar-refractivity contribution >= 4 is 26.0 Å². The molecule has 1 heterocycles. The van der Waals surface area contributed by atoms with Gasteiger partial charge in [0.15, 0.2) is 0 Å². The zero-order valence-corrected chi connectivity index (χ0v) is 14.5. The van der Waals surface area contributed by atoms with Crippen molar-refractivity contribution in [2.45, 2.75) is 38.2 Å². The van der Waals surface area contributed by atoms with Gasteiger partial charge in [-0.05, 0) is 30.4 Å². The van der Waals surface area contributed by atoms with E-state index in [1.807, 2.05) is 13.8 Å². The summed E-state index contributed by atoms with van der Waals surface area (Å²) < 4.78 is 41.5. The molecule has 1 aromatic carbocycles. The van der Waals surface area contributed by atoms with E-state index in [9.17, 15) is 12.8 Å². The van der Waals surface area contributed by atoms with Crippen LogP contribution in [0.15, 0.2) is 21.5 Å². The second-order valence-corrected chi connectivity index (χ2v) is 8.96. The van der Waals surface area contributed by atoms with E-state index in [2.05, 4.69) is 15.9 Å². The van der Waals surface area contributed by atoms with Crippen LogP contribution in [0.2, 0.25) is 0 Å². The van der Waals surface area contributed by atoms with Gasteiger partial charge in [0.2, 0.25) is 10.0 Å². The number of hydrogen-bond donors (Lipinski definition) is 1. The molecule has 4 nitrogen and oxygen atoms in total. The lowest BCUT2D eigenvalue weighted by atomic mass is 9.85. The highest BCUT2D eigenvalue weighted by atomic mass is 79.9. The fourth-order valence-electron chi connectivity index (χ4n) is 2.63. The molecule has 0 aromatic heterocycles. The van der Waals surface area contributed by atoms with Crippen LogP contribution in [0, 0.1) is 11.2 Å². The molecule has 1 aliphatic heterocycles. The summed E-state index contributed by atoms with van der Waals surface area (Å²) in [6.07, 6.45) is 1.70. The Kier molecular flexibility index (Phi) is 4.78. The van der Waals surface area contributed by atoms with Gasteiger partial charge in [-0.3, -0.25) is 0 Å². The third-order valence-electron chi connectivity index (χ3n) is 3.73. The van der Waals surface area contributed by atoms with Crippen molar-refractivity contribution in [1.82, 2.24) is 4.31 Å². The van der Waals surface area contributed by atoms with Crippen molar-refractivity contribution in [2.75, 3.05) is 13.1 Å². The molecule has 1 aliphatic rings. The molecule has 1 aromatic rings. The summed E-state index contributed by atoms with van der Waals surface area (Å²) in [6, 6.07) is 2.64. The first-order chi connectivity index (χ1) is 9.67. The Labute approximate surface area is 133 Å². The maximum atomic E-state index is 14.3. The topological polar surface area (TPSA) is 57.6 Å². The molecule has 2 rings (SSSR count). The Morgan fingerprint density at radius 3 is 2.67 bits per heavy atom. The fraction of sp³-hybridized carbons (Fsp3) is 0.571. The molecule has 0 radical (unpaired) electrons. The fourth-order valence-corrected chi connectivity index (χ4v) is 5.09. The average molecular weight is 380 g/mol. The molecule has 0 atom stereocenters. The van der Waals surface area contributed by atoms with Gasteiger partial charge in [-0.15, -0.1) is 0 Å². The maximum absolute atomic E-state index is 14.3. The van der Waals surface area contributed by atoms with Crippen molar-refractivity contribution in [3.63, 3.8) is 0 Å². The van der Waals surface area contributed by atoms with Crippen molar-refractivity contribution in [3.05, 3.63) is 28.0 Å². The smallest absolute Gasteiger partial charge is 0.246 e. The summed E-state index contributed by atoms with van der Waals surface area (Å²) in [5.41, 5.74) is -0.146. The highest BCUT2D eigenvalue weighted by Crippen LogP contribution is 2.33. The van der Waals surface area contributed by atoms with E-state index in [1.54, 1.807) is 0 Å². The second kappa shape index (κ2) is 5.95. The van der Waals surface area contributed by atoms with Gasteiger partial charge in [-0.25, -0.2) is 12.8 Å². The Balaban J connectivity index is 2.47. The van der Waals surface area contributed by atoms with Crippen LogP contribution in [0.4, 0.5) is 4.39 Å². The molecule has 7 heteroatoms. The molecule has 21 heavy (non-hydrogen) atoms. The highest BCUT2D eigenvalue weighted by Gasteiger charge is 2.36. The quantitative estimate of drug-likeness (QED) is 0.878. The van der Waals surface area contributed by atoms with Gasteiger partial charge in [-0.1, -0.05) is 29.8 Å². The van der Waals surface area contributed by atoms with E-state index < -0.39 is 22.4 Å². The Bertz CT molecular complexity index is 646. The van der Waals surface area contributed by atoms with E-state index >= 15 is 0 Å². The van der Waals surface area contributed by atoms with Crippen LogP contribution in [0.25, 0.3) is 0 Å². The van der Waals surface area contributed by atoms with Gasteiger partial charge in [0.25, 0.3) is 0 Å². The first kappa shape index (κ1) is 16.9. The van der Waals surface area contributed by atoms with E-state index in [0.717, 1.165) is 12.8 Å². The molecule has 0 bridgehead atoms. The first-order valence-corrected chi connectivity index (χ1v) is 9.00. The number of hydrogen-bond acceptors (Lipinski definition) is 3. The van der Waals surface area contributed by atoms with Gasteiger partial charge < -0.3 is 5.11 Å². The molecule has 1 N–H and O–H groups in total. The lowest BCUT2D eigenvalue weighted by Gasteiger charge is -2.37. The standard InChI is InChI=1S/C14H19BrFNO3S/c1-14(2)4-3-5-17(9-14)21(19,20)12-7-11(15)6-10(8-18)13(12)16/h6-7,18H,3-5,8-9H2,1-2H3. The minimum Gasteiger partial charge on any atom is -0.392 e. The second-order valence-electron chi connectivity index (χ2n) is 6.14. The maximum Gasteiger partial charge on any atom is 0.246 e. The minimum atomic E-state index is -3.90. The number of rotatable bonds is 3. The summed E-state index contributed by atoms with van der Waals surface area (Å²) in [5, 5.41) is 9.16. The van der Waals surface area contributed by atoms with Crippen LogP contribution in [0.1, 0.15) is 32.3 Å². The number of nitrogens with zero attached hydrogens (tertiary/aromatic N) is 1. The lowest BCUT2D eigenvalue weighted by Crippen LogP contribution is -2.43. The molecule has 1 saturated heterocycles. The molecule has 0 saturated carbocycles. The molecular weight excluding hydrogens is 361 g/mol. The molecule has 118 valence electrons. The van der Waals surface area contributed by atoms with E-state index in [4.69, 9.17) is 5.11 Å². The number of sulfonamides is 1. The molecule has 0 amide bonds. The number of aliphatic hydroxyl groups is 1. The summed E-state index contributed by atoms with van der Waals surface area (Å²) in [6.45, 7) is 4.23. The average Bonchev–Trinajstić information content (AvgIpc) is 2.39. The predicted molar refractivity (Wildman–Crippen MR) is 81.8 cm³/mol. The van der Waals surface area contributed by atoms with E-state index in [1.165, 1.54) is 16.4 Å². The third kappa shape index (κ3) is 3.47. The lowest BCUT2D eigenvalue weighted by molar-refractivity contribution is 0.186. The normalized spacial score (nSPS) is 19.7. The van der Waals surface area contributed by atoms with Crippen molar-refractivity contribution in [3.8, 4) is 0 Å². The van der Waals surface area contributed by atoms with Gasteiger partial charge in [0.05, 0.1) is 6.61 Å². The molecule has 0 aliphatic carbocycles. The van der Waals surface area contributed by atoms with Crippen LogP contribution in [0.3, 0.4) is 0 Å². The van der Waals surface area contributed by atoms with Crippen molar-refractivity contribution in [1.29, 1.82) is 0 Å².